The molecule has 0 fully saturated rings. The Morgan fingerprint density at radius 3 is 2.47 bits per heavy atom. The summed E-state index contributed by atoms with van der Waals surface area (Å²) in [4.78, 5) is -0.0938. The summed E-state index contributed by atoms with van der Waals surface area (Å²) in [5.74, 6) is 0.219. The third-order valence-corrected chi connectivity index (χ3v) is 2.74. The minimum Gasteiger partial charge on any atom is -0.490 e. The van der Waals surface area contributed by atoms with Gasteiger partial charge in [-0.2, -0.15) is 0 Å². The number of hydrogen-bond donors (Lipinski definition) is 1. The van der Waals surface area contributed by atoms with Crippen molar-refractivity contribution in [2.24, 2.45) is 5.14 Å². The SMILES string of the molecule is CC(C)Oc1ccc(Cl)cc1S(N)(=O)=O. The number of hydrogen-bond acceptors (Lipinski definition) is 3. The molecule has 2 N–H and O–H groups in total. The second kappa shape index (κ2) is 4.38. The van der Waals surface area contributed by atoms with Crippen LogP contribution >= 0.6 is 11.6 Å². The Morgan fingerprint density at radius 2 is 2.00 bits per heavy atom. The molecule has 0 bridgehead atoms. The molecule has 0 atom stereocenters. The normalized spacial score (nSPS) is 11.8. The van der Waals surface area contributed by atoms with Crippen molar-refractivity contribution in [2.75, 3.05) is 0 Å². The van der Waals surface area contributed by atoms with Crippen LogP contribution in [0.1, 0.15) is 13.8 Å². The standard InChI is InChI=1S/C9H12ClNO3S/c1-6(2)14-8-4-3-7(10)5-9(8)15(11,12)13/h3-6H,1-2H3,(H2,11,12,13). The minimum absolute atomic E-state index is 0.0938. The monoisotopic (exact) mass is 249 g/mol. The highest BCUT2D eigenvalue weighted by Crippen LogP contribution is 2.26. The van der Waals surface area contributed by atoms with Gasteiger partial charge in [-0.05, 0) is 32.0 Å². The van der Waals surface area contributed by atoms with Crippen molar-refractivity contribution in [3.63, 3.8) is 0 Å². The Balaban J connectivity index is 3.27. The first kappa shape index (κ1) is 12.3. The number of halogens is 1. The zero-order valence-corrected chi connectivity index (χ0v) is 9.97. The Bertz CT molecular complexity index is 456. The topological polar surface area (TPSA) is 69.4 Å². The highest BCUT2D eigenvalue weighted by Gasteiger charge is 2.16. The molecule has 0 radical (unpaired) electrons. The molecule has 0 aromatic heterocycles. The molecule has 0 aliphatic heterocycles. The number of sulfonamides is 1. The number of primary sulfonamides is 1. The lowest BCUT2D eigenvalue weighted by molar-refractivity contribution is 0.236. The van der Waals surface area contributed by atoms with Gasteiger partial charge < -0.3 is 4.74 Å². The Hall–Kier alpha value is -0.780. The predicted octanol–water partition coefficient (Wildman–Crippen LogP) is 1.77. The highest BCUT2D eigenvalue weighted by molar-refractivity contribution is 7.89. The van der Waals surface area contributed by atoms with Crippen molar-refractivity contribution in [3.05, 3.63) is 23.2 Å². The molecule has 84 valence electrons. The van der Waals surface area contributed by atoms with E-state index in [4.69, 9.17) is 21.5 Å². The minimum atomic E-state index is -3.81. The van der Waals surface area contributed by atoms with E-state index >= 15 is 0 Å². The van der Waals surface area contributed by atoms with Crippen LogP contribution in [0.15, 0.2) is 23.1 Å². The van der Waals surface area contributed by atoms with E-state index in [1.54, 1.807) is 19.9 Å². The molecule has 0 unspecified atom stereocenters. The molecular weight excluding hydrogens is 238 g/mol. The van der Waals surface area contributed by atoms with Gasteiger partial charge in [-0.3, -0.25) is 0 Å². The summed E-state index contributed by atoms with van der Waals surface area (Å²) in [5.41, 5.74) is 0. The summed E-state index contributed by atoms with van der Waals surface area (Å²) in [6.45, 7) is 3.59. The van der Waals surface area contributed by atoms with E-state index in [0.29, 0.717) is 5.02 Å². The lowest BCUT2D eigenvalue weighted by Gasteiger charge is -2.13. The average Bonchev–Trinajstić information content (AvgIpc) is 2.05. The van der Waals surface area contributed by atoms with Crippen molar-refractivity contribution in [3.8, 4) is 5.75 Å². The van der Waals surface area contributed by atoms with Crippen LogP contribution in [0.5, 0.6) is 5.75 Å². The van der Waals surface area contributed by atoms with Gasteiger partial charge in [0.1, 0.15) is 10.6 Å². The molecule has 1 rings (SSSR count). The maximum atomic E-state index is 11.2. The van der Waals surface area contributed by atoms with Gasteiger partial charge in [-0.15, -0.1) is 0 Å². The van der Waals surface area contributed by atoms with E-state index in [2.05, 4.69) is 0 Å². The first-order chi connectivity index (χ1) is 6.80. The third-order valence-electron chi connectivity index (χ3n) is 1.57. The summed E-state index contributed by atoms with van der Waals surface area (Å²) >= 11 is 5.68. The fourth-order valence-electron chi connectivity index (χ4n) is 1.06. The zero-order valence-electron chi connectivity index (χ0n) is 8.40. The quantitative estimate of drug-likeness (QED) is 0.888. The summed E-state index contributed by atoms with van der Waals surface area (Å²) < 4.78 is 27.8. The predicted molar refractivity (Wildman–Crippen MR) is 58.6 cm³/mol. The first-order valence-corrected chi connectivity index (χ1v) is 6.22. The number of benzene rings is 1. The Kier molecular flexibility index (Phi) is 3.59. The molecule has 1 aromatic rings. The maximum absolute atomic E-state index is 11.2. The molecular formula is C9H12ClNO3S. The van der Waals surface area contributed by atoms with Gasteiger partial charge in [0, 0.05) is 5.02 Å². The molecule has 0 saturated heterocycles. The van der Waals surface area contributed by atoms with E-state index in [9.17, 15) is 8.42 Å². The van der Waals surface area contributed by atoms with Crippen molar-refractivity contribution >= 4 is 21.6 Å². The molecule has 0 aliphatic rings. The van der Waals surface area contributed by atoms with Crippen molar-refractivity contribution < 1.29 is 13.2 Å². The van der Waals surface area contributed by atoms with Crippen LogP contribution < -0.4 is 9.88 Å². The van der Waals surface area contributed by atoms with E-state index in [-0.39, 0.29) is 16.7 Å². The van der Waals surface area contributed by atoms with Crippen molar-refractivity contribution in [1.82, 2.24) is 0 Å². The van der Waals surface area contributed by atoms with Gasteiger partial charge in [0.25, 0.3) is 0 Å². The summed E-state index contributed by atoms with van der Waals surface area (Å²) in [6, 6.07) is 4.31. The summed E-state index contributed by atoms with van der Waals surface area (Å²) in [6.07, 6.45) is -0.133. The average molecular weight is 250 g/mol. The number of nitrogens with two attached hydrogens (primary N) is 1. The number of rotatable bonds is 3. The fourth-order valence-corrected chi connectivity index (χ4v) is 1.98. The maximum Gasteiger partial charge on any atom is 0.241 e. The Morgan fingerprint density at radius 1 is 1.40 bits per heavy atom. The van der Waals surface area contributed by atoms with Gasteiger partial charge in [0.2, 0.25) is 10.0 Å². The van der Waals surface area contributed by atoms with E-state index in [1.165, 1.54) is 12.1 Å². The second-order valence-electron chi connectivity index (χ2n) is 3.30. The van der Waals surface area contributed by atoms with Gasteiger partial charge in [0.15, 0.2) is 0 Å². The molecule has 0 aliphatic carbocycles. The van der Waals surface area contributed by atoms with Crippen LogP contribution in [0.25, 0.3) is 0 Å². The lowest BCUT2D eigenvalue weighted by atomic mass is 10.3. The molecule has 0 amide bonds. The largest absolute Gasteiger partial charge is 0.490 e. The van der Waals surface area contributed by atoms with Crippen molar-refractivity contribution in [2.45, 2.75) is 24.8 Å². The van der Waals surface area contributed by atoms with E-state index in [1.807, 2.05) is 0 Å². The third kappa shape index (κ3) is 3.37. The summed E-state index contributed by atoms with van der Waals surface area (Å²) in [5, 5.41) is 5.34. The molecule has 0 saturated carbocycles. The van der Waals surface area contributed by atoms with Crippen LogP contribution in [0.4, 0.5) is 0 Å². The molecule has 15 heavy (non-hydrogen) atoms. The van der Waals surface area contributed by atoms with Crippen LogP contribution in [-0.2, 0) is 10.0 Å². The van der Waals surface area contributed by atoms with Crippen LogP contribution in [-0.4, -0.2) is 14.5 Å². The van der Waals surface area contributed by atoms with Gasteiger partial charge in [0.05, 0.1) is 6.10 Å². The van der Waals surface area contributed by atoms with Crippen molar-refractivity contribution in [1.29, 1.82) is 0 Å². The Labute approximate surface area is 94.0 Å². The van der Waals surface area contributed by atoms with Crippen LogP contribution in [0, 0.1) is 0 Å². The van der Waals surface area contributed by atoms with E-state index < -0.39 is 10.0 Å². The van der Waals surface area contributed by atoms with Crippen LogP contribution in [0.3, 0.4) is 0 Å². The molecule has 0 spiro atoms. The van der Waals surface area contributed by atoms with Gasteiger partial charge >= 0.3 is 0 Å². The zero-order chi connectivity index (χ0) is 11.6. The molecule has 4 nitrogen and oxygen atoms in total. The van der Waals surface area contributed by atoms with Gasteiger partial charge in [-0.25, -0.2) is 13.6 Å². The first-order valence-electron chi connectivity index (χ1n) is 4.29. The fraction of sp³-hybridized carbons (Fsp3) is 0.333. The molecule has 6 heteroatoms. The second-order valence-corrected chi connectivity index (χ2v) is 5.27. The van der Waals surface area contributed by atoms with E-state index in [0.717, 1.165) is 0 Å². The summed E-state index contributed by atoms with van der Waals surface area (Å²) in [7, 11) is -3.81. The highest BCUT2D eigenvalue weighted by atomic mass is 35.5. The van der Waals surface area contributed by atoms with Crippen LogP contribution in [0.2, 0.25) is 5.02 Å². The number of ether oxygens (including phenoxy) is 1. The molecule has 0 heterocycles. The lowest BCUT2D eigenvalue weighted by Crippen LogP contribution is -2.15. The van der Waals surface area contributed by atoms with Gasteiger partial charge in [-0.1, -0.05) is 11.6 Å². The molecule has 1 aromatic carbocycles. The smallest absolute Gasteiger partial charge is 0.241 e.